The van der Waals surface area contributed by atoms with Gasteiger partial charge in [0, 0.05) is 5.92 Å². The summed E-state index contributed by atoms with van der Waals surface area (Å²) in [5.41, 5.74) is 0. The second-order valence-electron chi connectivity index (χ2n) is 4.59. The van der Waals surface area contributed by atoms with Gasteiger partial charge in [-0.2, -0.15) is 0 Å². The summed E-state index contributed by atoms with van der Waals surface area (Å²) >= 11 is 0. The van der Waals surface area contributed by atoms with Crippen LogP contribution in [0.15, 0.2) is 36.5 Å². The Kier molecular flexibility index (Phi) is 3.79. The van der Waals surface area contributed by atoms with Gasteiger partial charge in [-0.1, -0.05) is 36.5 Å². The summed E-state index contributed by atoms with van der Waals surface area (Å²) in [5, 5.41) is 9.75. The third-order valence-electron chi connectivity index (χ3n) is 3.38. The Morgan fingerprint density at radius 2 is 1.87 bits per heavy atom. The van der Waals surface area contributed by atoms with Gasteiger partial charge in [0.1, 0.15) is 0 Å². The Hall–Kier alpha value is -0.820. The molecule has 2 aliphatic rings. The van der Waals surface area contributed by atoms with Crippen LogP contribution in [0.3, 0.4) is 0 Å². The zero-order chi connectivity index (χ0) is 10.5. The van der Waals surface area contributed by atoms with Gasteiger partial charge in [0.2, 0.25) is 0 Å². The summed E-state index contributed by atoms with van der Waals surface area (Å²) in [4.78, 5) is 0. The average molecular weight is 204 g/mol. The van der Waals surface area contributed by atoms with E-state index >= 15 is 0 Å². The summed E-state index contributed by atoms with van der Waals surface area (Å²) in [7, 11) is 0. The van der Waals surface area contributed by atoms with E-state index in [9.17, 15) is 5.11 Å². The van der Waals surface area contributed by atoms with Gasteiger partial charge in [0.05, 0.1) is 6.10 Å². The molecule has 15 heavy (non-hydrogen) atoms. The largest absolute Gasteiger partial charge is 0.388 e. The van der Waals surface area contributed by atoms with E-state index in [2.05, 4.69) is 30.4 Å². The first-order valence-corrected chi connectivity index (χ1v) is 6.04. The van der Waals surface area contributed by atoms with E-state index in [0.29, 0.717) is 11.8 Å². The summed E-state index contributed by atoms with van der Waals surface area (Å²) < 4.78 is 0. The molecule has 82 valence electrons. The van der Waals surface area contributed by atoms with Crippen molar-refractivity contribution in [1.29, 1.82) is 0 Å². The van der Waals surface area contributed by atoms with E-state index in [0.717, 1.165) is 12.8 Å². The number of hydrogen-bond donors (Lipinski definition) is 1. The van der Waals surface area contributed by atoms with Crippen LogP contribution in [0.25, 0.3) is 0 Å². The predicted molar refractivity (Wildman–Crippen MR) is 63.5 cm³/mol. The van der Waals surface area contributed by atoms with Crippen molar-refractivity contribution in [3.8, 4) is 0 Å². The summed E-state index contributed by atoms with van der Waals surface area (Å²) in [6.45, 7) is 0. The molecule has 0 saturated carbocycles. The molecular formula is C14H20O. The Bertz CT molecular complexity index is 275. The minimum absolute atomic E-state index is 0.255. The van der Waals surface area contributed by atoms with E-state index in [1.54, 1.807) is 0 Å². The minimum Gasteiger partial charge on any atom is -0.388 e. The molecule has 0 heterocycles. The predicted octanol–water partition coefficient (Wildman–Crippen LogP) is 3.23. The number of allylic oxidation sites excluding steroid dienone is 4. The van der Waals surface area contributed by atoms with E-state index in [1.807, 2.05) is 6.08 Å². The molecule has 0 aromatic heterocycles. The zero-order valence-corrected chi connectivity index (χ0v) is 9.18. The Morgan fingerprint density at radius 1 is 1.00 bits per heavy atom. The van der Waals surface area contributed by atoms with Crippen molar-refractivity contribution < 1.29 is 5.11 Å². The number of aliphatic hydroxyl groups is 1. The van der Waals surface area contributed by atoms with Crippen LogP contribution in [0.5, 0.6) is 0 Å². The van der Waals surface area contributed by atoms with E-state index < -0.39 is 0 Å². The molecule has 0 amide bonds. The van der Waals surface area contributed by atoms with E-state index in [4.69, 9.17) is 0 Å². The van der Waals surface area contributed by atoms with Gasteiger partial charge in [-0.15, -0.1) is 0 Å². The van der Waals surface area contributed by atoms with Crippen molar-refractivity contribution in [3.63, 3.8) is 0 Å². The van der Waals surface area contributed by atoms with Crippen LogP contribution in [0, 0.1) is 11.8 Å². The second kappa shape index (κ2) is 5.32. The molecule has 3 unspecified atom stereocenters. The van der Waals surface area contributed by atoms with Gasteiger partial charge in [0.25, 0.3) is 0 Å². The summed E-state index contributed by atoms with van der Waals surface area (Å²) in [6.07, 6.45) is 18.7. The first-order valence-electron chi connectivity index (χ1n) is 6.04. The maximum atomic E-state index is 9.75. The molecule has 2 rings (SSSR count). The molecule has 0 spiro atoms. The van der Waals surface area contributed by atoms with Crippen molar-refractivity contribution in [3.05, 3.63) is 36.5 Å². The quantitative estimate of drug-likeness (QED) is 0.685. The van der Waals surface area contributed by atoms with E-state index in [-0.39, 0.29) is 6.10 Å². The SMILES string of the molecule is OC1C=CCCC1C=CC1CC=CCC1. The molecule has 1 heteroatoms. The van der Waals surface area contributed by atoms with Crippen LogP contribution < -0.4 is 0 Å². The summed E-state index contributed by atoms with van der Waals surface area (Å²) in [5.74, 6) is 1.05. The highest BCUT2D eigenvalue weighted by Crippen LogP contribution is 2.24. The van der Waals surface area contributed by atoms with Crippen molar-refractivity contribution in [2.45, 2.75) is 38.2 Å². The number of rotatable bonds is 2. The highest BCUT2D eigenvalue weighted by Gasteiger charge is 2.16. The van der Waals surface area contributed by atoms with Gasteiger partial charge in [-0.05, 0) is 38.0 Å². The molecule has 0 saturated heterocycles. The first-order chi connectivity index (χ1) is 7.36. The maximum Gasteiger partial charge on any atom is 0.0783 e. The van der Waals surface area contributed by atoms with Crippen molar-refractivity contribution in [2.75, 3.05) is 0 Å². The number of aliphatic hydroxyl groups excluding tert-OH is 1. The maximum absolute atomic E-state index is 9.75. The molecule has 0 aliphatic heterocycles. The van der Waals surface area contributed by atoms with Crippen LogP contribution in [-0.2, 0) is 0 Å². The Labute approximate surface area is 92.2 Å². The topological polar surface area (TPSA) is 20.2 Å². The van der Waals surface area contributed by atoms with Crippen LogP contribution in [0.4, 0.5) is 0 Å². The minimum atomic E-state index is -0.255. The Balaban J connectivity index is 1.87. The third-order valence-corrected chi connectivity index (χ3v) is 3.38. The van der Waals surface area contributed by atoms with Crippen LogP contribution in [-0.4, -0.2) is 11.2 Å². The van der Waals surface area contributed by atoms with Crippen LogP contribution in [0.1, 0.15) is 32.1 Å². The van der Waals surface area contributed by atoms with Gasteiger partial charge in [0.15, 0.2) is 0 Å². The molecule has 2 aliphatic carbocycles. The highest BCUT2D eigenvalue weighted by atomic mass is 16.3. The smallest absolute Gasteiger partial charge is 0.0783 e. The normalized spacial score (nSPS) is 36.2. The molecular weight excluding hydrogens is 184 g/mol. The molecule has 0 aromatic rings. The van der Waals surface area contributed by atoms with Gasteiger partial charge in [-0.3, -0.25) is 0 Å². The lowest BCUT2D eigenvalue weighted by atomic mass is 9.88. The first kappa shape index (κ1) is 10.7. The molecule has 0 fully saturated rings. The number of hydrogen-bond acceptors (Lipinski definition) is 1. The van der Waals surface area contributed by atoms with Crippen LogP contribution >= 0.6 is 0 Å². The summed E-state index contributed by atoms with van der Waals surface area (Å²) in [6, 6.07) is 0. The molecule has 0 bridgehead atoms. The molecule has 0 radical (unpaired) electrons. The fourth-order valence-electron chi connectivity index (χ4n) is 2.34. The standard InChI is InChI=1S/C14H20O/c15-14-9-5-4-8-13(14)11-10-12-6-2-1-3-7-12/h1-2,5,9-15H,3-4,6-8H2. The molecule has 1 nitrogen and oxygen atoms in total. The Morgan fingerprint density at radius 3 is 2.60 bits per heavy atom. The monoisotopic (exact) mass is 204 g/mol. The lowest BCUT2D eigenvalue weighted by Gasteiger charge is -2.21. The average Bonchev–Trinajstić information content (AvgIpc) is 2.29. The van der Waals surface area contributed by atoms with Gasteiger partial charge < -0.3 is 5.11 Å². The molecule has 1 N–H and O–H groups in total. The van der Waals surface area contributed by atoms with Crippen molar-refractivity contribution in [1.82, 2.24) is 0 Å². The second-order valence-corrected chi connectivity index (χ2v) is 4.59. The molecule has 3 atom stereocenters. The van der Waals surface area contributed by atoms with Crippen LogP contribution in [0.2, 0.25) is 0 Å². The lowest BCUT2D eigenvalue weighted by molar-refractivity contribution is 0.165. The van der Waals surface area contributed by atoms with Crippen molar-refractivity contribution in [2.24, 2.45) is 11.8 Å². The lowest BCUT2D eigenvalue weighted by Crippen LogP contribution is -2.18. The molecule has 0 aromatic carbocycles. The highest BCUT2D eigenvalue weighted by molar-refractivity contribution is 5.07. The zero-order valence-electron chi connectivity index (χ0n) is 9.18. The van der Waals surface area contributed by atoms with E-state index in [1.165, 1.54) is 19.3 Å². The van der Waals surface area contributed by atoms with Crippen molar-refractivity contribution >= 4 is 0 Å². The third kappa shape index (κ3) is 3.07. The van der Waals surface area contributed by atoms with Gasteiger partial charge >= 0.3 is 0 Å². The fourth-order valence-corrected chi connectivity index (χ4v) is 2.34. The fraction of sp³-hybridized carbons (Fsp3) is 0.571. The van der Waals surface area contributed by atoms with Gasteiger partial charge in [-0.25, -0.2) is 0 Å².